The summed E-state index contributed by atoms with van der Waals surface area (Å²) in [7, 11) is 0. The number of anilines is 2. The maximum atomic E-state index is 13.2. The van der Waals surface area contributed by atoms with E-state index in [1.54, 1.807) is 6.07 Å². The average molecular weight is 456 g/mol. The number of nitrogens with one attached hydrogen (secondary N) is 1. The molecule has 3 aromatic rings. The number of hydrogen-bond acceptors (Lipinski definition) is 6. The number of carboxylic acid groups (broad SMARTS) is 1. The third-order valence-corrected chi connectivity index (χ3v) is 6.12. The van der Waals surface area contributed by atoms with Gasteiger partial charge >= 0.3 is 5.97 Å². The van der Waals surface area contributed by atoms with Gasteiger partial charge in [0.25, 0.3) is 0 Å². The fourth-order valence-electron chi connectivity index (χ4n) is 4.30. The van der Waals surface area contributed by atoms with Crippen molar-refractivity contribution in [3.63, 3.8) is 0 Å². The first-order valence-electron chi connectivity index (χ1n) is 10.8. The van der Waals surface area contributed by atoms with Crippen LogP contribution in [-0.4, -0.2) is 29.1 Å². The predicted molar refractivity (Wildman–Crippen MR) is 126 cm³/mol. The molecule has 0 spiro atoms. The van der Waals surface area contributed by atoms with Crippen LogP contribution in [0.3, 0.4) is 0 Å². The number of aromatic nitrogens is 1. The third-order valence-electron chi connectivity index (χ3n) is 5.91. The third kappa shape index (κ3) is 4.17. The van der Waals surface area contributed by atoms with Crippen LogP contribution in [0.2, 0.25) is 5.15 Å². The molecule has 7 nitrogen and oxygen atoms in total. The topological polar surface area (TPSA) is 95.7 Å². The van der Waals surface area contributed by atoms with Gasteiger partial charge in [-0.1, -0.05) is 17.7 Å². The van der Waals surface area contributed by atoms with Crippen LogP contribution >= 0.6 is 11.6 Å². The van der Waals surface area contributed by atoms with Gasteiger partial charge in [0, 0.05) is 18.7 Å². The number of halogens is 1. The molecule has 2 aromatic heterocycles. The predicted octanol–water partition coefficient (Wildman–Crippen LogP) is 5.32. The van der Waals surface area contributed by atoms with Crippen molar-refractivity contribution in [2.45, 2.75) is 46.1 Å². The van der Waals surface area contributed by atoms with E-state index in [2.05, 4.69) is 15.2 Å². The number of hydrogen-bond donors (Lipinski definition) is 2. The molecule has 0 radical (unpaired) electrons. The van der Waals surface area contributed by atoms with Crippen molar-refractivity contribution in [3.8, 4) is 0 Å². The fraction of sp³-hybridized carbons (Fsp3) is 0.375. The van der Waals surface area contributed by atoms with Crippen molar-refractivity contribution < 1.29 is 14.3 Å². The molecule has 32 heavy (non-hydrogen) atoms. The number of piperidine rings is 1. The number of benzene rings is 1. The van der Waals surface area contributed by atoms with Gasteiger partial charge in [0.05, 0.1) is 22.7 Å². The molecule has 4 rings (SSSR count). The molecule has 0 amide bonds. The molecular weight excluding hydrogens is 430 g/mol. The number of fused-ring (bicyclic) bond motifs is 1. The molecule has 1 aromatic carbocycles. The van der Waals surface area contributed by atoms with E-state index in [0.717, 1.165) is 37.1 Å². The Morgan fingerprint density at radius 1 is 1.22 bits per heavy atom. The summed E-state index contributed by atoms with van der Waals surface area (Å²) in [5.74, 6) is -0.551. The maximum Gasteiger partial charge on any atom is 0.356 e. The summed E-state index contributed by atoms with van der Waals surface area (Å²) in [6.07, 6.45) is 3.32. The lowest BCUT2D eigenvalue weighted by molar-refractivity contribution is 0.0691. The van der Waals surface area contributed by atoms with Crippen LogP contribution in [0.15, 0.2) is 33.5 Å². The van der Waals surface area contributed by atoms with Crippen molar-refractivity contribution in [1.29, 1.82) is 0 Å². The Morgan fingerprint density at radius 3 is 2.62 bits per heavy atom. The van der Waals surface area contributed by atoms with E-state index < -0.39 is 5.97 Å². The summed E-state index contributed by atoms with van der Waals surface area (Å²) < 4.78 is 6.39. The van der Waals surface area contributed by atoms with E-state index in [-0.39, 0.29) is 22.3 Å². The second kappa shape index (κ2) is 8.82. The molecule has 0 unspecified atom stereocenters. The highest BCUT2D eigenvalue weighted by Gasteiger charge is 2.23. The van der Waals surface area contributed by atoms with E-state index in [1.165, 1.54) is 12.5 Å². The van der Waals surface area contributed by atoms with Gasteiger partial charge in [-0.3, -0.25) is 4.79 Å². The molecule has 1 saturated heterocycles. The Bertz CT molecular complexity index is 1250. The number of rotatable bonds is 5. The first-order chi connectivity index (χ1) is 15.3. The lowest BCUT2D eigenvalue weighted by Gasteiger charge is -2.29. The van der Waals surface area contributed by atoms with Crippen LogP contribution in [0, 0.1) is 13.8 Å². The van der Waals surface area contributed by atoms with Crippen LogP contribution in [0.4, 0.5) is 11.6 Å². The SMILES string of the molecule is Cc1cc([C@@H](C)Nc2ccc(Cl)nc2C(=O)O)c2oc(N3CCCCC3)c(C)c(=O)c2c1. The molecule has 0 aliphatic carbocycles. The summed E-state index contributed by atoms with van der Waals surface area (Å²) in [5, 5.41) is 13.4. The Kier molecular flexibility index (Phi) is 6.11. The Balaban J connectivity index is 1.82. The molecule has 2 N–H and O–H groups in total. The van der Waals surface area contributed by atoms with Crippen molar-refractivity contribution in [3.05, 3.63) is 62.0 Å². The molecule has 1 fully saturated rings. The Labute approximate surface area is 191 Å². The molecule has 1 atom stereocenters. The minimum absolute atomic E-state index is 0.0386. The van der Waals surface area contributed by atoms with E-state index in [0.29, 0.717) is 28.1 Å². The Hall–Kier alpha value is -3.06. The maximum absolute atomic E-state index is 13.2. The molecule has 8 heteroatoms. The molecule has 1 aliphatic heterocycles. The second-order valence-corrected chi connectivity index (χ2v) is 8.73. The van der Waals surface area contributed by atoms with Gasteiger partial charge in [-0.15, -0.1) is 0 Å². The van der Waals surface area contributed by atoms with Gasteiger partial charge in [-0.25, -0.2) is 9.78 Å². The highest BCUT2D eigenvalue weighted by Crippen LogP contribution is 2.33. The van der Waals surface area contributed by atoms with E-state index >= 15 is 0 Å². The van der Waals surface area contributed by atoms with Gasteiger partial charge in [0.2, 0.25) is 5.88 Å². The zero-order valence-corrected chi connectivity index (χ0v) is 19.1. The standard InChI is InChI=1S/C24H26ClN3O4/c1-13-11-16(15(3)26-18-7-8-19(25)27-20(18)24(30)31)22-17(12-13)21(29)14(2)23(32-22)28-9-5-4-6-10-28/h7-8,11-12,15,26H,4-6,9-10H2,1-3H3,(H,30,31)/t15-/m1/s1. The zero-order chi connectivity index (χ0) is 23.0. The van der Waals surface area contributed by atoms with Gasteiger partial charge in [0.15, 0.2) is 11.1 Å². The number of carbonyl (C=O) groups is 1. The minimum atomic E-state index is -1.18. The van der Waals surface area contributed by atoms with E-state index in [9.17, 15) is 14.7 Å². The smallest absolute Gasteiger partial charge is 0.356 e. The number of nitrogens with zero attached hydrogens (tertiary/aromatic N) is 2. The van der Waals surface area contributed by atoms with Crippen LogP contribution in [0.25, 0.3) is 11.0 Å². The quantitative estimate of drug-likeness (QED) is 0.502. The molecule has 1 aliphatic rings. The summed E-state index contributed by atoms with van der Waals surface area (Å²) in [5.41, 5.74) is 2.98. The van der Waals surface area contributed by atoms with Gasteiger partial charge in [-0.2, -0.15) is 0 Å². The fourth-order valence-corrected chi connectivity index (χ4v) is 4.45. The average Bonchev–Trinajstić information content (AvgIpc) is 2.77. The lowest BCUT2D eigenvalue weighted by atomic mass is 10.00. The highest BCUT2D eigenvalue weighted by atomic mass is 35.5. The van der Waals surface area contributed by atoms with Gasteiger partial charge < -0.3 is 19.7 Å². The Morgan fingerprint density at radius 2 is 1.94 bits per heavy atom. The van der Waals surface area contributed by atoms with Crippen LogP contribution in [0.5, 0.6) is 0 Å². The second-order valence-electron chi connectivity index (χ2n) is 8.34. The van der Waals surface area contributed by atoms with Crippen LogP contribution in [-0.2, 0) is 0 Å². The zero-order valence-electron chi connectivity index (χ0n) is 18.4. The lowest BCUT2D eigenvalue weighted by Crippen LogP contribution is -2.31. The molecule has 3 heterocycles. The first kappa shape index (κ1) is 22.1. The van der Waals surface area contributed by atoms with Crippen molar-refractivity contribution >= 4 is 40.1 Å². The largest absolute Gasteiger partial charge is 0.476 e. The number of pyridine rings is 1. The summed E-state index contributed by atoms with van der Waals surface area (Å²) in [4.78, 5) is 31.0. The molecular formula is C24H26ClN3O4. The summed E-state index contributed by atoms with van der Waals surface area (Å²) in [6, 6.07) is 6.58. The van der Waals surface area contributed by atoms with Crippen molar-refractivity contribution in [1.82, 2.24) is 4.98 Å². The van der Waals surface area contributed by atoms with E-state index in [4.69, 9.17) is 16.0 Å². The normalized spacial score (nSPS) is 15.1. The van der Waals surface area contributed by atoms with Crippen molar-refractivity contribution in [2.75, 3.05) is 23.3 Å². The van der Waals surface area contributed by atoms with Crippen LogP contribution < -0.4 is 15.6 Å². The van der Waals surface area contributed by atoms with Gasteiger partial charge in [0.1, 0.15) is 10.7 Å². The molecule has 0 bridgehead atoms. The molecule has 0 saturated carbocycles. The monoisotopic (exact) mass is 455 g/mol. The first-order valence-corrected chi connectivity index (χ1v) is 11.1. The summed E-state index contributed by atoms with van der Waals surface area (Å²) in [6.45, 7) is 7.37. The van der Waals surface area contributed by atoms with Crippen LogP contribution in [0.1, 0.15) is 59.4 Å². The highest BCUT2D eigenvalue weighted by molar-refractivity contribution is 6.29. The number of aromatic carboxylic acids is 1. The summed E-state index contributed by atoms with van der Waals surface area (Å²) >= 11 is 5.88. The molecule has 168 valence electrons. The minimum Gasteiger partial charge on any atom is -0.476 e. The van der Waals surface area contributed by atoms with Gasteiger partial charge in [-0.05, 0) is 63.8 Å². The van der Waals surface area contributed by atoms with Crippen molar-refractivity contribution in [2.24, 2.45) is 0 Å². The van der Waals surface area contributed by atoms with E-state index in [1.807, 2.05) is 32.9 Å². The number of carboxylic acids is 1. The number of aryl methyl sites for hydroxylation is 1.